The van der Waals surface area contributed by atoms with Crippen LogP contribution in [0.3, 0.4) is 0 Å². The minimum absolute atomic E-state index is 0.00378. The molecule has 0 atom stereocenters. The van der Waals surface area contributed by atoms with E-state index >= 15 is 0 Å². The summed E-state index contributed by atoms with van der Waals surface area (Å²) in [5.41, 5.74) is 0.263. The number of carboxylic acids is 1. The Labute approximate surface area is 144 Å². The van der Waals surface area contributed by atoms with E-state index in [9.17, 15) is 13.2 Å². The maximum atomic E-state index is 12.9. The normalized spacial score (nSPS) is 17.3. The number of nitrogens with zero attached hydrogens (tertiary/aromatic N) is 2. The Morgan fingerprint density at radius 1 is 1.36 bits per heavy atom. The Morgan fingerprint density at radius 3 is 2.68 bits per heavy atom. The molecule has 2 aromatic heterocycles. The Balaban J connectivity index is 1.85. The first kappa shape index (κ1) is 17.4. The molecular weight excluding hydrogens is 348 g/mol. The quantitative estimate of drug-likeness (QED) is 0.863. The largest absolute Gasteiger partial charge is 0.481 e. The molecule has 8 nitrogen and oxygen atoms in total. The van der Waals surface area contributed by atoms with Gasteiger partial charge in [-0.05, 0) is 44.1 Å². The minimum Gasteiger partial charge on any atom is -0.481 e. The highest BCUT2D eigenvalue weighted by Gasteiger charge is 2.35. The lowest BCUT2D eigenvalue weighted by atomic mass is 9.99. The molecule has 3 rings (SSSR count). The summed E-state index contributed by atoms with van der Waals surface area (Å²) < 4.78 is 37.5. The van der Waals surface area contributed by atoms with Crippen LogP contribution in [0.1, 0.15) is 30.1 Å². The number of hydrogen-bond donors (Lipinski definition) is 1. The van der Waals surface area contributed by atoms with Gasteiger partial charge in [-0.3, -0.25) is 4.79 Å². The first-order valence-corrected chi connectivity index (χ1v) is 9.24. The van der Waals surface area contributed by atoms with Crippen LogP contribution in [0.5, 0.6) is 0 Å². The van der Waals surface area contributed by atoms with Gasteiger partial charge < -0.3 is 14.0 Å². The Kier molecular flexibility index (Phi) is 4.78. The van der Waals surface area contributed by atoms with Gasteiger partial charge in [-0.1, -0.05) is 5.16 Å². The number of piperidine rings is 1. The molecule has 1 aliphatic rings. The lowest BCUT2D eigenvalue weighted by Crippen LogP contribution is -2.40. The van der Waals surface area contributed by atoms with Gasteiger partial charge in [0.15, 0.2) is 10.7 Å². The van der Waals surface area contributed by atoms with Crippen molar-refractivity contribution in [1.29, 1.82) is 0 Å². The molecular formula is C16H18N2O6S. The van der Waals surface area contributed by atoms with E-state index < -0.39 is 21.9 Å². The molecule has 0 amide bonds. The first-order valence-electron chi connectivity index (χ1n) is 7.80. The number of carbonyl (C=O) groups is 1. The van der Waals surface area contributed by atoms with Gasteiger partial charge in [0.05, 0.1) is 12.2 Å². The van der Waals surface area contributed by atoms with Crippen LogP contribution in [0.4, 0.5) is 0 Å². The van der Waals surface area contributed by atoms with Gasteiger partial charge >= 0.3 is 5.97 Å². The molecule has 1 aliphatic heterocycles. The second kappa shape index (κ2) is 6.85. The van der Waals surface area contributed by atoms with E-state index in [4.69, 9.17) is 14.0 Å². The third-order valence-electron chi connectivity index (χ3n) is 4.18. The summed E-state index contributed by atoms with van der Waals surface area (Å²) in [6.07, 6.45) is 5.17. The van der Waals surface area contributed by atoms with E-state index in [2.05, 4.69) is 5.16 Å². The molecule has 25 heavy (non-hydrogen) atoms. The molecule has 0 aromatic carbocycles. The Hall–Kier alpha value is -2.39. The monoisotopic (exact) mass is 366 g/mol. The van der Waals surface area contributed by atoms with Crippen molar-refractivity contribution in [2.75, 3.05) is 13.1 Å². The smallest absolute Gasteiger partial charge is 0.306 e. The molecule has 0 aliphatic carbocycles. The number of aromatic nitrogens is 1. The van der Waals surface area contributed by atoms with Crippen LogP contribution in [0.15, 0.2) is 32.2 Å². The fraction of sp³-hybridized carbons (Fsp3) is 0.375. The maximum Gasteiger partial charge on any atom is 0.306 e. The van der Waals surface area contributed by atoms with Crippen molar-refractivity contribution < 1.29 is 27.3 Å². The molecule has 0 radical (unpaired) electrons. The summed E-state index contributed by atoms with van der Waals surface area (Å²) >= 11 is 0. The number of furan rings is 1. The summed E-state index contributed by atoms with van der Waals surface area (Å²) in [6, 6.07) is 3.44. The summed E-state index contributed by atoms with van der Waals surface area (Å²) in [5.74, 6) is -0.720. The van der Waals surface area contributed by atoms with Gasteiger partial charge in [0.2, 0.25) is 10.0 Å². The van der Waals surface area contributed by atoms with Crippen LogP contribution in [-0.2, 0) is 14.8 Å². The molecule has 0 unspecified atom stereocenters. The topological polar surface area (TPSA) is 114 Å². The fourth-order valence-electron chi connectivity index (χ4n) is 2.81. The summed E-state index contributed by atoms with van der Waals surface area (Å²) in [6.45, 7) is 1.88. The highest BCUT2D eigenvalue weighted by Crippen LogP contribution is 2.29. The zero-order valence-corrected chi connectivity index (χ0v) is 14.4. The predicted molar refractivity (Wildman–Crippen MR) is 88.0 cm³/mol. The van der Waals surface area contributed by atoms with Crippen molar-refractivity contribution in [1.82, 2.24) is 9.46 Å². The van der Waals surface area contributed by atoms with Gasteiger partial charge in [-0.2, -0.15) is 4.31 Å². The molecule has 0 spiro atoms. The van der Waals surface area contributed by atoms with Gasteiger partial charge in [0.1, 0.15) is 11.5 Å². The van der Waals surface area contributed by atoms with Crippen molar-refractivity contribution in [3.05, 3.63) is 35.6 Å². The third-order valence-corrected chi connectivity index (χ3v) is 6.23. The van der Waals surface area contributed by atoms with E-state index in [1.54, 1.807) is 25.1 Å². The lowest BCUT2D eigenvalue weighted by Gasteiger charge is -2.29. The average molecular weight is 366 g/mol. The number of aryl methyl sites for hydroxylation is 1. The third kappa shape index (κ3) is 3.52. The molecule has 0 saturated carbocycles. The molecule has 0 bridgehead atoms. The number of aliphatic carboxylic acids is 1. The minimum atomic E-state index is -3.82. The zero-order chi connectivity index (χ0) is 18.0. The van der Waals surface area contributed by atoms with E-state index in [-0.39, 0.29) is 42.3 Å². The number of sulfonamides is 1. The molecule has 2 aromatic rings. The van der Waals surface area contributed by atoms with Crippen LogP contribution >= 0.6 is 0 Å². The molecule has 3 heterocycles. The Bertz CT molecular complexity index is 874. The van der Waals surface area contributed by atoms with Crippen molar-refractivity contribution in [2.45, 2.75) is 24.7 Å². The van der Waals surface area contributed by atoms with E-state index in [1.165, 1.54) is 16.6 Å². The van der Waals surface area contributed by atoms with Crippen molar-refractivity contribution >= 4 is 28.1 Å². The van der Waals surface area contributed by atoms with Gasteiger partial charge in [0.25, 0.3) is 0 Å². The van der Waals surface area contributed by atoms with Crippen LogP contribution in [0.25, 0.3) is 12.2 Å². The van der Waals surface area contributed by atoms with Crippen LogP contribution in [0, 0.1) is 12.8 Å². The van der Waals surface area contributed by atoms with Crippen LogP contribution < -0.4 is 0 Å². The maximum absolute atomic E-state index is 12.9. The second-order valence-corrected chi connectivity index (χ2v) is 7.70. The van der Waals surface area contributed by atoms with Crippen LogP contribution in [-0.4, -0.2) is 42.0 Å². The van der Waals surface area contributed by atoms with Gasteiger partial charge in [-0.15, -0.1) is 0 Å². The highest BCUT2D eigenvalue weighted by atomic mass is 32.2. The van der Waals surface area contributed by atoms with Crippen LogP contribution in [0.2, 0.25) is 0 Å². The standard InChI is InChI=1S/C16H18N2O6S/c1-11-15(14(24-17-11)5-4-13-3-2-10-23-13)25(21,22)18-8-6-12(7-9-18)16(19)20/h2-5,10,12H,6-9H2,1H3,(H,19,20)/b5-4+. The van der Waals surface area contributed by atoms with Crippen molar-refractivity contribution in [3.8, 4) is 0 Å². The average Bonchev–Trinajstić information content (AvgIpc) is 3.22. The Morgan fingerprint density at radius 2 is 2.08 bits per heavy atom. The highest BCUT2D eigenvalue weighted by molar-refractivity contribution is 7.89. The summed E-state index contributed by atoms with van der Waals surface area (Å²) in [5, 5.41) is 12.8. The van der Waals surface area contributed by atoms with Gasteiger partial charge in [0, 0.05) is 13.1 Å². The number of carboxylic acid groups (broad SMARTS) is 1. The van der Waals surface area contributed by atoms with Gasteiger partial charge in [-0.25, -0.2) is 8.42 Å². The molecule has 1 N–H and O–H groups in total. The van der Waals surface area contributed by atoms with E-state index in [0.717, 1.165) is 0 Å². The predicted octanol–water partition coefficient (Wildman–Crippen LogP) is 2.23. The van der Waals surface area contributed by atoms with E-state index in [1.807, 2.05) is 0 Å². The second-order valence-electron chi connectivity index (χ2n) is 5.83. The summed E-state index contributed by atoms with van der Waals surface area (Å²) in [7, 11) is -3.82. The molecule has 1 saturated heterocycles. The van der Waals surface area contributed by atoms with Crippen molar-refractivity contribution in [3.63, 3.8) is 0 Å². The molecule has 9 heteroatoms. The number of hydrogen-bond acceptors (Lipinski definition) is 6. The first-order chi connectivity index (χ1) is 11.9. The SMILES string of the molecule is Cc1noc(/C=C/c2ccco2)c1S(=O)(=O)N1CCC(C(=O)O)CC1. The van der Waals surface area contributed by atoms with E-state index in [0.29, 0.717) is 5.76 Å². The van der Waals surface area contributed by atoms with Crippen molar-refractivity contribution in [2.24, 2.45) is 5.92 Å². The molecule has 1 fully saturated rings. The lowest BCUT2D eigenvalue weighted by molar-refractivity contribution is -0.142. The summed E-state index contributed by atoms with van der Waals surface area (Å²) in [4.78, 5) is 11.0. The number of rotatable bonds is 5. The molecule has 134 valence electrons. The zero-order valence-electron chi connectivity index (χ0n) is 13.6. The fourth-order valence-corrected chi connectivity index (χ4v) is 4.53.